The van der Waals surface area contributed by atoms with Crippen molar-refractivity contribution in [2.24, 2.45) is 5.92 Å². The van der Waals surface area contributed by atoms with Crippen LogP contribution in [-0.2, 0) is 4.79 Å². The van der Waals surface area contributed by atoms with E-state index in [1.165, 1.54) is 25.3 Å². The van der Waals surface area contributed by atoms with Gasteiger partial charge in [0.1, 0.15) is 5.82 Å². The molecule has 1 heterocycles. The van der Waals surface area contributed by atoms with Gasteiger partial charge in [0, 0.05) is 43.9 Å². The standard InChI is InChI=1S/C22H34FN3O/c1-3-25-11-13-26(14-12-25)21-10-9-19(23)16-20(21)17(2)24-22(27)15-18-7-5-4-6-8-18/h9-10,16-18H,3-8,11-15H2,1-2H3,(H,24,27). The predicted molar refractivity (Wildman–Crippen MR) is 108 cm³/mol. The lowest BCUT2D eigenvalue weighted by Gasteiger charge is -2.37. The molecule has 0 spiro atoms. The van der Waals surface area contributed by atoms with Crippen molar-refractivity contribution in [1.29, 1.82) is 0 Å². The van der Waals surface area contributed by atoms with Crippen LogP contribution in [0.1, 0.15) is 64.0 Å². The van der Waals surface area contributed by atoms with Gasteiger partial charge in [0.05, 0.1) is 6.04 Å². The molecule has 27 heavy (non-hydrogen) atoms. The van der Waals surface area contributed by atoms with Gasteiger partial charge in [-0.05, 0) is 50.4 Å². The number of likely N-dealkylation sites (N-methyl/N-ethyl adjacent to an activating group) is 1. The number of nitrogens with one attached hydrogen (secondary N) is 1. The maximum absolute atomic E-state index is 14.0. The molecule has 1 aromatic rings. The third-order valence-electron chi connectivity index (χ3n) is 6.19. The number of halogens is 1. The molecule has 1 saturated heterocycles. The highest BCUT2D eigenvalue weighted by Crippen LogP contribution is 2.30. The lowest BCUT2D eigenvalue weighted by molar-refractivity contribution is -0.122. The Hall–Kier alpha value is -1.62. The van der Waals surface area contributed by atoms with Crippen molar-refractivity contribution in [3.8, 4) is 0 Å². The number of hydrogen-bond donors (Lipinski definition) is 1. The molecule has 2 aliphatic rings. The molecule has 1 aliphatic carbocycles. The number of nitrogens with zero attached hydrogens (tertiary/aromatic N) is 2. The molecule has 5 heteroatoms. The SMILES string of the molecule is CCN1CCN(c2ccc(F)cc2C(C)NC(=O)CC2CCCCC2)CC1. The summed E-state index contributed by atoms with van der Waals surface area (Å²) < 4.78 is 14.0. The second-order valence-electron chi connectivity index (χ2n) is 8.12. The molecule has 0 bridgehead atoms. The van der Waals surface area contributed by atoms with E-state index < -0.39 is 0 Å². The molecule has 4 nitrogen and oxygen atoms in total. The van der Waals surface area contributed by atoms with Gasteiger partial charge in [0.25, 0.3) is 0 Å². The van der Waals surface area contributed by atoms with Crippen molar-refractivity contribution in [2.75, 3.05) is 37.6 Å². The van der Waals surface area contributed by atoms with E-state index in [-0.39, 0.29) is 17.8 Å². The summed E-state index contributed by atoms with van der Waals surface area (Å²) in [6.07, 6.45) is 6.71. The van der Waals surface area contributed by atoms with E-state index in [0.717, 1.165) is 56.8 Å². The van der Waals surface area contributed by atoms with Crippen LogP contribution in [-0.4, -0.2) is 43.5 Å². The van der Waals surface area contributed by atoms with E-state index in [2.05, 4.69) is 22.0 Å². The number of hydrogen-bond acceptors (Lipinski definition) is 3. The third kappa shape index (κ3) is 5.44. The Balaban J connectivity index is 1.65. The fourth-order valence-corrected chi connectivity index (χ4v) is 4.50. The maximum Gasteiger partial charge on any atom is 0.220 e. The summed E-state index contributed by atoms with van der Waals surface area (Å²) in [7, 11) is 0. The zero-order valence-electron chi connectivity index (χ0n) is 16.8. The monoisotopic (exact) mass is 375 g/mol. The minimum atomic E-state index is -0.241. The zero-order chi connectivity index (χ0) is 19.2. The van der Waals surface area contributed by atoms with Gasteiger partial charge in [0.2, 0.25) is 5.91 Å². The molecule has 0 radical (unpaired) electrons. The van der Waals surface area contributed by atoms with Gasteiger partial charge in [-0.15, -0.1) is 0 Å². The van der Waals surface area contributed by atoms with Gasteiger partial charge in [-0.25, -0.2) is 4.39 Å². The summed E-state index contributed by atoms with van der Waals surface area (Å²) in [5.74, 6) is 0.370. The molecule has 1 aliphatic heterocycles. The van der Waals surface area contributed by atoms with Crippen molar-refractivity contribution in [3.05, 3.63) is 29.6 Å². The molecular weight excluding hydrogens is 341 g/mol. The highest BCUT2D eigenvalue weighted by molar-refractivity contribution is 5.77. The van der Waals surface area contributed by atoms with Crippen LogP contribution >= 0.6 is 0 Å². The maximum atomic E-state index is 14.0. The fraction of sp³-hybridized carbons (Fsp3) is 0.682. The van der Waals surface area contributed by atoms with E-state index in [4.69, 9.17) is 0 Å². The van der Waals surface area contributed by atoms with Crippen molar-refractivity contribution < 1.29 is 9.18 Å². The fourth-order valence-electron chi connectivity index (χ4n) is 4.50. The summed E-state index contributed by atoms with van der Waals surface area (Å²) in [6, 6.07) is 4.81. The van der Waals surface area contributed by atoms with E-state index in [1.54, 1.807) is 6.07 Å². The van der Waals surface area contributed by atoms with Gasteiger partial charge < -0.3 is 15.1 Å². The Labute approximate surface area is 163 Å². The lowest BCUT2D eigenvalue weighted by Crippen LogP contribution is -2.46. The molecule has 1 amide bonds. The third-order valence-corrected chi connectivity index (χ3v) is 6.19. The van der Waals surface area contributed by atoms with Crippen LogP contribution in [0.5, 0.6) is 0 Å². The highest BCUT2D eigenvalue weighted by atomic mass is 19.1. The molecule has 0 aromatic heterocycles. The Morgan fingerprint density at radius 2 is 1.89 bits per heavy atom. The summed E-state index contributed by atoms with van der Waals surface area (Å²) in [6.45, 7) is 9.15. The second kappa shape index (κ2) is 9.54. The second-order valence-corrected chi connectivity index (χ2v) is 8.12. The van der Waals surface area contributed by atoms with Gasteiger partial charge in [0.15, 0.2) is 0 Å². The number of piperazine rings is 1. The Kier molecular flexibility index (Phi) is 7.11. The van der Waals surface area contributed by atoms with Crippen LogP contribution in [0.2, 0.25) is 0 Å². The van der Waals surface area contributed by atoms with Gasteiger partial charge in [-0.2, -0.15) is 0 Å². The molecule has 2 fully saturated rings. The van der Waals surface area contributed by atoms with Crippen LogP contribution in [0, 0.1) is 11.7 Å². The van der Waals surface area contributed by atoms with Crippen LogP contribution in [0.3, 0.4) is 0 Å². The minimum Gasteiger partial charge on any atom is -0.369 e. The van der Waals surface area contributed by atoms with Crippen LogP contribution in [0.25, 0.3) is 0 Å². The average Bonchev–Trinajstić information content (AvgIpc) is 2.68. The number of carbonyl (C=O) groups excluding carboxylic acids is 1. The van der Waals surface area contributed by atoms with Crippen molar-refractivity contribution in [3.63, 3.8) is 0 Å². The minimum absolute atomic E-state index is 0.0976. The Morgan fingerprint density at radius 1 is 1.19 bits per heavy atom. The molecule has 1 saturated carbocycles. The molecular formula is C22H34FN3O. The molecule has 1 N–H and O–H groups in total. The van der Waals surface area contributed by atoms with Gasteiger partial charge in [-0.3, -0.25) is 4.79 Å². The van der Waals surface area contributed by atoms with Gasteiger partial charge in [-0.1, -0.05) is 26.2 Å². The van der Waals surface area contributed by atoms with Crippen LogP contribution in [0.15, 0.2) is 18.2 Å². The number of carbonyl (C=O) groups is 1. The number of anilines is 1. The molecule has 1 aromatic carbocycles. The molecule has 150 valence electrons. The first kappa shape index (κ1) is 20.1. The van der Waals surface area contributed by atoms with E-state index in [1.807, 2.05) is 13.0 Å². The summed E-state index contributed by atoms with van der Waals surface area (Å²) in [5.41, 5.74) is 1.94. The first-order valence-electron chi connectivity index (χ1n) is 10.6. The quantitative estimate of drug-likeness (QED) is 0.813. The predicted octanol–water partition coefficient (Wildman–Crippen LogP) is 4.12. The first-order chi connectivity index (χ1) is 13.1. The van der Waals surface area contributed by atoms with E-state index in [9.17, 15) is 9.18 Å². The van der Waals surface area contributed by atoms with E-state index >= 15 is 0 Å². The smallest absolute Gasteiger partial charge is 0.220 e. The zero-order valence-corrected chi connectivity index (χ0v) is 16.8. The summed E-state index contributed by atoms with van der Waals surface area (Å²) in [5, 5.41) is 3.13. The molecule has 1 atom stereocenters. The number of amides is 1. The van der Waals surface area contributed by atoms with Crippen LogP contribution in [0.4, 0.5) is 10.1 Å². The summed E-state index contributed by atoms with van der Waals surface area (Å²) >= 11 is 0. The number of rotatable bonds is 6. The molecule has 3 rings (SSSR count). The van der Waals surface area contributed by atoms with Gasteiger partial charge >= 0.3 is 0 Å². The first-order valence-corrected chi connectivity index (χ1v) is 10.6. The Bertz CT molecular complexity index is 622. The van der Waals surface area contributed by atoms with Crippen molar-refractivity contribution in [1.82, 2.24) is 10.2 Å². The number of benzene rings is 1. The lowest BCUT2D eigenvalue weighted by atomic mass is 9.87. The summed E-state index contributed by atoms with van der Waals surface area (Å²) in [4.78, 5) is 17.3. The largest absolute Gasteiger partial charge is 0.369 e. The topological polar surface area (TPSA) is 35.6 Å². The van der Waals surface area contributed by atoms with Crippen molar-refractivity contribution >= 4 is 11.6 Å². The Morgan fingerprint density at radius 3 is 2.56 bits per heavy atom. The highest BCUT2D eigenvalue weighted by Gasteiger charge is 2.23. The van der Waals surface area contributed by atoms with Crippen molar-refractivity contribution in [2.45, 2.75) is 58.4 Å². The average molecular weight is 376 g/mol. The normalized spacial score (nSPS) is 20.5. The van der Waals surface area contributed by atoms with E-state index in [0.29, 0.717) is 12.3 Å². The molecule has 1 unspecified atom stereocenters. The van der Waals surface area contributed by atoms with Crippen LogP contribution < -0.4 is 10.2 Å².